The fourth-order valence-electron chi connectivity index (χ4n) is 1.50. The zero-order chi connectivity index (χ0) is 12.1. The molecule has 0 aliphatic heterocycles. The zero-order valence-electron chi connectivity index (χ0n) is 9.21. The molecular formula is C15H12OS. The van der Waals surface area contributed by atoms with E-state index in [-0.39, 0.29) is 5.78 Å². The lowest BCUT2D eigenvalue weighted by Crippen LogP contribution is -1.94. The third-order valence-corrected chi connectivity index (χ3v) is 2.78. The van der Waals surface area contributed by atoms with Crippen molar-refractivity contribution in [1.29, 1.82) is 0 Å². The second-order valence-corrected chi connectivity index (χ2v) is 4.11. The highest BCUT2D eigenvalue weighted by Crippen LogP contribution is 2.18. The van der Waals surface area contributed by atoms with Crippen molar-refractivity contribution in [3.63, 3.8) is 0 Å². The van der Waals surface area contributed by atoms with Crippen LogP contribution in [0.3, 0.4) is 0 Å². The van der Waals surface area contributed by atoms with Crippen LogP contribution < -0.4 is 0 Å². The first kappa shape index (κ1) is 11.7. The third-order valence-electron chi connectivity index (χ3n) is 2.40. The van der Waals surface area contributed by atoms with Crippen LogP contribution in [0, 0.1) is 0 Å². The highest BCUT2D eigenvalue weighted by Gasteiger charge is 2.03. The van der Waals surface area contributed by atoms with Crippen LogP contribution in [0.1, 0.15) is 15.9 Å². The van der Waals surface area contributed by atoms with Gasteiger partial charge in [0, 0.05) is 10.5 Å². The molecule has 0 N–H and O–H groups in total. The Labute approximate surface area is 106 Å². The molecule has 0 radical (unpaired) electrons. The summed E-state index contributed by atoms with van der Waals surface area (Å²) >= 11 is 4.35. The molecule has 17 heavy (non-hydrogen) atoms. The van der Waals surface area contributed by atoms with Gasteiger partial charge in [-0.05, 0) is 11.6 Å². The normalized spacial score (nSPS) is 11.2. The van der Waals surface area contributed by atoms with E-state index in [1.165, 1.54) is 0 Å². The maximum absolute atomic E-state index is 11.9. The van der Waals surface area contributed by atoms with Gasteiger partial charge in [-0.3, -0.25) is 4.79 Å². The van der Waals surface area contributed by atoms with Crippen LogP contribution in [0.15, 0.2) is 66.7 Å². The molecule has 0 saturated heterocycles. The van der Waals surface area contributed by atoms with Crippen LogP contribution in [-0.4, -0.2) is 5.78 Å². The Bertz CT molecular complexity index is 529. The highest BCUT2D eigenvalue weighted by atomic mass is 32.1. The minimum Gasteiger partial charge on any atom is -0.289 e. The molecule has 0 amide bonds. The Morgan fingerprint density at radius 1 is 0.824 bits per heavy atom. The molecule has 2 rings (SSSR count). The van der Waals surface area contributed by atoms with E-state index in [0.29, 0.717) is 10.5 Å². The van der Waals surface area contributed by atoms with Gasteiger partial charge in [-0.25, -0.2) is 0 Å². The van der Waals surface area contributed by atoms with Crippen LogP contribution in [0.2, 0.25) is 0 Å². The van der Waals surface area contributed by atoms with E-state index in [9.17, 15) is 4.79 Å². The van der Waals surface area contributed by atoms with Crippen molar-refractivity contribution in [3.8, 4) is 0 Å². The van der Waals surface area contributed by atoms with Gasteiger partial charge in [0.2, 0.25) is 0 Å². The van der Waals surface area contributed by atoms with E-state index < -0.39 is 0 Å². The molecule has 0 saturated carbocycles. The van der Waals surface area contributed by atoms with Gasteiger partial charge >= 0.3 is 0 Å². The number of rotatable bonds is 3. The topological polar surface area (TPSA) is 17.1 Å². The van der Waals surface area contributed by atoms with E-state index in [2.05, 4.69) is 12.6 Å². The van der Waals surface area contributed by atoms with Crippen LogP contribution in [0.4, 0.5) is 0 Å². The van der Waals surface area contributed by atoms with Crippen molar-refractivity contribution < 1.29 is 4.79 Å². The summed E-state index contributed by atoms with van der Waals surface area (Å²) in [4.78, 5) is 12.6. The van der Waals surface area contributed by atoms with E-state index in [4.69, 9.17) is 0 Å². The van der Waals surface area contributed by atoms with E-state index in [1.54, 1.807) is 18.2 Å². The maximum atomic E-state index is 11.9. The Kier molecular flexibility index (Phi) is 3.78. The molecule has 0 aliphatic rings. The Balaban J connectivity index is 2.24. The summed E-state index contributed by atoms with van der Waals surface area (Å²) in [6.45, 7) is 0. The first-order valence-corrected chi connectivity index (χ1v) is 5.77. The van der Waals surface area contributed by atoms with Gasteiger partial charge in [0.15, 0.2) is 5.78 Å². The van der Waals surface area contributed by atoms with Gasteiger partial charge in [0.1, 0.15) is 0 Å². The fraction of sp³-hybridized carbons (Fsp3) is 0. The van der Waals surface area contributed by atoms with Gasteiger partial charge in [0.05, 0.1) is 0 Å². The van der Waals surface area contributed by atoms with E-state index >= 15 is 0 Å². The number of hydrogen-bond acceptors (Lipinski definition) is 2. The summed E-state index contributed by atoms with van der Waals surface area (Å²) in [6, 6.07) is 18.8. The number of allylic oxidation sites excluding steroid dienone is 1. The molecule has 2 heteroatoms. The van der Waals surface area contributed by atoms with Crippen molar-refractivity contribution in [2.24, 2.45) is 0 Å². The predicted octanol–water partition coefficient (Wildman–Crippen LogP) is 3.84. The molecule has 0 aromatic heterocycles. The third kappa shape index (κ3) is 3.08. The standard InChI is InChI=1S/C15H12OS/c16-14(12-7-3-1-4-8-12)11-15(17)13-9-5-2-6-10-13/h1-11,17H/b15-11-. The van der Waals surface area contributed by atoms with Gasteiger partial charge in [-0.15, -0.1) is 12.6 Å². The van der Waals surface area contributed by atoms with Crippen molar-refractivity contribution >= 4 is 23.3 Å². The molecule has 0 unspecified atom stereocenters. The molecule has 0 atom stereocenters. The predicted molar refractivity (Wildman–Crippen MR) is 74.2 cm³/mol. The minimum absolute atomic E-state index is 0.0283. The molecule has 2 aromatic rings. The first-order valence-electron chi connectivity index (χ1n) is 5.33. The van der Waals surface area contributed by atoms with Gasteiger partial charge in [-0.2, -0.15) is 0 Å². The van der Waals surface area contributed by atoms with Gasteiger partial charge < -0.3 is 0 Å². The van der Waals surface area contributed by atoms with E-state index in [0.717, 1.165) is 5.56 Å². The number of thiol groups is 1. The quantitative estimate of drug-likeness (QED) is 0.490. The number of benzene rings is 2. The Hall–Kier alpha value is -1.80. The minimum atomic E-state index is -0.0283. The second kappa shape index (κ2) is 5.51. The molecule has 2 aromatic carbocycles. The summed E-state index contributed by atoms with van der Waals surface area (Å²) in [5, 5.41) is 0. The van der Waals surface area contributed by atoms with Crippen molar-refractivity contribution in [3.05, 3.63) is 77.9 Å². The van der Waals surface area contributed by atoms with Gasteiger partial charge in [-0.1, -0.05) is 60.7 Å². The average molecular weight is 240 g/mol. The summed E-state index contributed by atoms with van der Waals surface area (Å²) in [6.07, 6.45) is 1.55. The number of hydrogen-bond donors (Lipinski definition) is 1. The van der Waals surface area contributed by atoms with Crippen molar-refractivity contribution in [2.75, 3.05) is 0 Å². The number of carbonyl (C=O) groups is 1. The van der Waals surface area contributed by atoms with Crippen molar-refractivity contribution in [1.82, 2.24) is 0 Å². The van der Waals surface area contributed by atoms with Crippen molar-refractivity contribution in [2.45, 2.75) is 0 Å². The largest absolute Gasteiger partial charge is 0.289 e. The van der Waals surface area contributed by atoms with E-state index in [1.807, 2.05) is 48.5 Å². The fourth-order valence-corrected chi connectivity index (χ4v) is 1.77. The molecule has 1 nitrogen and oxygen atoms in total. The average Bonchev–Trinajstić information content (AvgIpc) is 2.40. The second-order valence-electron chi connectivity index (χ2n) is 3.63. The summed E-state index contributed by atoms with van der Waals surface area (Å²) < 4.78 is 0. The molecule has 0 spiro atoms. The molecular weight excluding hydrogens is 228 g/mol. The van der Waals surface area contributed by atoms with Crippen LogP contribution in [0.25, 0.3) is 4.91 Å². The molecule has 0 heterocycles. The van der Waals surface area contributed by atoms with Crippen LogP contribution in [-0.2, 0) is 0 Å². The molecule has 0 aliphatic carbocycles. The molecule has 0 fully saturated rings. The monoisotopic (exact) mass is 240 g/mol. The smallest absolute Gasteiger partial charge is 0.186 e. The lowest BCUT2D eigenvalue weighted by atomic mass is 10.1. The summed E-state index contributed by atoms with van der Waals surface area (Å²) in [7, 11) is 0. The number of ketones is 1. The number of carbonyl (C=O) groups excluding carboxylic acids is 1. The lowest BCUT2D eigenvalue weighted by Gasteiger charge is -2.00. The van der Waals surface area contributed by atoms with Crippen LogP contribution >= 0.6 is 12.6 Å². The molecule has 84 valence electrons. The molecule has 0 bridgehead atoms. The van der Waals surface area contributed by atoms with Gasteiger partial charge in [0.25, 0.3) is 0 Å². The summed E-state index contributed by atoms with van der Waals surface area (Å²) in [5.41, 5.74) is 1.62. The first-order chi connectivity index (χ1) is 8.27. The Morgan fingerprint density at radius 2 is 1.29 bits per heavy atom. The maximum Gasteiger partial charge on any atom is 0.186 e. The SMILES string of the molecule is O=C(/C=C(\S)c1ccccc1)c1ccccc1. The highest BCUT2D eigenvalue weighted by molar-refractivity contribution is 7.90. The summed E-state index contributed by atoms with van der Waals surface area (Å²) in [5.74, 6) is -0.0283. The zero-order valence-corrected chi connectivity index (χ0v) is 10.1. The lowest BCUT2D eigenvalue weighted by molar-refractivity contribution is 0.104. The van der Waals surface area contributed by atoms with Crippen LogP contribution in [0.5, 0.6) is 0 Å². The Morgan fingerprint density at radius 3 is 1.82 bits per heavy atom.